The van der Waals surface area contributed by atoms with Crippen molar-refractivity contribution in [3.05, 3.63) is 95.1 Å². The Morgan fingerprint density at radius 3 is 2.23 bits per heavy atom. The fourth-order valence-corrected chi connectivity index (χ4v) is 4.62. The van der Waals surface area contributed by atoms with Gasteiger partial charge in [0, 0.05) is 29.9 Å². The largest absolute Gasteiger partial charge is 0.308 e. The summed E-state index contributed by atoms with van der Waals surface area (Å²) in [6.07, 6.45) is 0.842. The van der Waals surface area contributed by atoms with E-state index in [1.807, 2.05) is 24.3 Å². The monoisotopic (exact) mass is 434 g/mol. The zero-order valence-corrected chi connectivity index (χ0v) is 17.9. The maximum Gasteiger partial charge on any atom is 0.258 e. The molecule has 1 heterocycles. The van der Waals surface area contributed by atoms with Crippen LogP contribution in [0.15, 0.2) is 77.7 Å². The number of carbonyl (C=O) groups excluding carboxylic acids is 2. The van der Waals surface area contributed by atoms with E-state index in [1.54, 1.807) is 29.2 Å². The lowest BCUT2D eigenvalue weighted by Crippen LogP contribution is -2.28. The van der Waals surface area contributed by atoms with Crippen molar-refractivity contribution in [3.8, 4) is 0 Å². The smallest absolute Gasteiger partial charge is 0.258 e. The molecule has 158 valence electrons. The molecule has 4 rings (SSSR count). The highest BCUT2D eigenvalue weighted by Gasteiger charge is 2.25. The summed E-state index contributed by atoms with van der Waals surface area (Å²) in [5.74, 6) is -0.188. The molecule has 0 unspecified atom stereocenters. The summed E-state index contributed by atoms with van der Waals surface area (Å²) >= 11 is 0. The summed E-state index contributed by atoms with van der Waals surface area (Å²) in [6, 6.07) is 20.6. The maximum absolute atomic E-state index is 12.9. The Morgan fingerprint density at radius 2 is 1.55 bits per heavy atom. The Balaban J connectivity index is 1.42. The molecule has 3 aromatic carbocycles. The zero-order valence-electron chi connectivity index (χ0n) is 17.0. The van der Waals surface area contributed by atoms with Gasteiger partial charge in [-0.05, 0) is 54.8 Å². The minimum Gasteiger partial charge on any atom is -0.308 e. The highest BCUT2D eigenvalue weighted by molar-refractivity contribution is 7.89. The molecule has 1 aliphatic rings. The number of fused-ring (bicyclic) bond motifs is 1. The van der Waals surface area contributed by atoms with E-state index in [1.165, 1.54) is 36.8 Å². The number of hydrogen-bond acceptors (Lipinski definition) is 4. The van der Waals surface area contributed by atoms with Gasteiger partial charge in [-0.2, -0.15) is 0 Å². The SMILES string of the molecule is CC(=O)c1ccc(S(=O)(=O)NCc2ccc(C(=O)N3CCc4ccccc43)cc2)cc1. The fraction of sp³-hybridized carbons (Fsp3) is 0.167. The van der Waals surface area contributed by atoms with Gasteiger partial charge in [-0.1, -0.05) is 42.5 Å². The van der Waals surface area contributed by atoms with Gasteiger partial charge in [0.2, 0.25) is 10.0 Å². The topological polar surface area (TPSA) is 83.5 Å². The molecule has 0 atom stereocenters. The quantitative estimate of drug-likeness (QED) is 0.601. The molecule has 0 saturated heterocycles. The standard InChI is InChI=1S/C24H22N2O4S/c1-17(27)19-10-12-22(13-11-19)31(29,30)25-16-18-6-8-21(9-7-18)24(28)26-15-14-20-4-2-3-5-23(20)26/h2-13,25H,14-16H2,1H3. The lowest BCUT2D eigenvalue weighted by atomic mass is 10.1. The number of benzene rings is 3. The van der Waals surface area contributed by atoms with Crippen LogP contribution in [0.25, 0.3) is 0 Å². The second kappa shape index (κ2) is 8.45. The first kappa shape index (κ1) is 21.0. The molecule has 0 aromatic heterocycles. The van der Waals surface area contributed by atoms with Gasteiger partial charge in [-0.15, -0.1) is 0 Å². The first-order valence-corrected chi connectivity index (χ1v) is 11.4. The average molecular weight is 435 g/mol. The molecule has 0 radical (unpaired) electrons. The van der Waals surface area contributed by atoms with E-state index in [9.17, 15) is 18.0 Å². The van der Waals surface area contributed by atoms with Crippen molar-refractivity contribution in [1.82, 2.24) is 4.72 Å². The Morgan fingerprint density at radius 1 is 0.903 bits per heavy atom. The van der Waals surface area contributed by atoms with Crippen LogP contribution in [0.5, 0.6) is 0 Å². The number of anilines is 1. The molecular formula is C24H22N2O4S. The summed E-state index contributed by atoms with van der Waals surface area (Å²) in [5, 5.41) is 0. The number of ketones is 1. The lowest BCUT2D eigenvalue weighted by Gasteiger charge is -2.17. The molecule has 0 spiro atoms. The van der Waals surface area contributed by atoms with Crippen LogP contribution in [0.2, 0.25) is 0 Å². The van der Waals surface area contributed by atoms with E-state index in [4.69, 9.17) is 0 Å². The number of para-hydroxylation sites is 1. The minimum atomic E-state index is -3.71. The van der Waals surface area contributed by atoms with E-state index in [0.717, 1.165) is 17.7 Å². The molecule has 1 aliphatic heterocycles. The zero-order chi connectivity index (χ0) is 22.0. The van der Waals surface area contributed by atoms with Crippen molar-refractivity contribution in [2.24, 2.45) is 0 Å². The number of nitrogens with one attached hydrogen (secondary N) is 1. The van der Waals surface area contributed by atoms with E-state index < -0.39 is 10.0 Å². The normalized spacial score (nSPS) is 13.1. The third kappa shape index (κ3) is 4.42. The van der Waals surface area contributed by atoms with Crippen molar-refractivity contribution in [2.75, 3.05) is 11.4 Å². The van der Waals surface area contributed by atoms with Gasteiger partial charge in [-0.3, -0.25) is 9.59 Å². The maximum atomic E-state index is 12.9. The predicted molar refractivity (Wildman–Crippen MR) is 119 cm³/mol. The number of Topliss-reactive ketones (excluding diaryl/α,β-unsaturated/α-hetero) is 1. The van der Waals surface area contributed by atoms with Gasteiger partial charge in [0.15, 0.2) is 5.78 Å². The first-order valence-electron chi connectivity index (χ1n) is 9.94. The van der Waals surface area contributed by atoms with Gasteiger partial charge in [-0.25, -0.2) is 13.1 Å². The molecule has 0 saturated carbocycles. The fourth-order valence-electron chi connectivity index (χ4n) is 3.60. The van der Waals surface area contributed by atoms with Crippen molar-refractivity contribution in [1.29, 1.82) is 0 Å². The van der Waals surface area contributed by atoms with Gasteiger partial charge in [0.25, 0.3) is 5.91 Å². The Hall–Kier alpha value is -3.29. The van der Waals surface area contributed by atoms with E-state index in [0.29, 0.717) is 17.7 Å². The molecule has 1 N–H and O–H groups in total. The van der Waals surface area contributed by atoms with Crippen LogP contribution in [-0.2, 0) is 23.0 Å². The minimum absolute atomic E-state index is 0.0670. The van der Waals surface area contributed by atoms with Crippen LogP contribution < -0.4 is 9.62 Å². The number of rotatable bonds is 6. The molecule has 6 nitrogen and oxygen atoms in total. The highest BCUT2D eigenvalue weighted by Crippen LogP contribution is 2.28. The second-order valence-corrected chi connectivity index (χ2v) is 9.20. The third-order valence-electron chi connectivity index (χ3n) is 5.37. The molecule has 0 aliphatic carbocycles. The van der Waals surface area contributed by atoms with Crippen LogP contribution in [0.3, 0.4) is 0 Å². The van der Waals surface area contributed by atoms with Crippen LogP contribution >= 0.6 is 0 Å². The highest BCUT2D eigenvalue weighted by atomic mass is 32.2. The predicted octanol–water partition coefficient (Wildman–Crippen LogP) is 3.57. The number of amides is 1. The molecular weight excluding hydrogens is 412 g/mol. The molecule has 31 heavy (non-hydrogen) atoms. The van der Waals surface area contributed by atoms with Gasteiger partial charge < -0.3 is 4.90 Å². The summed E-state index contributed by atoms with van der Waals surface area (Å²) < 4.78 is 27.5. The van der Waals surface area contributed by atoms with Crippen molar-refractivity contribution in [3.63, 3.8) is 0 Å². The van der Waals surface area contributed by atoms with Crippen LogP contribution in [0.4, 0.5) is 5.69 Å². The first-order chi connectivity index (χ1) is 14.8. The Labute approximate surface area is 181 Å². The summed E-state index contributed by atoms with van der Waals surface area (Å²) in [6.45, 7) is 2.18. The van der Waals surface area contributed by atoms with Crippen LogP contribution in [0, 0.1) is 0 Å². The molecule has 7 heteroatoms. The number of hydrogen-bond donors (Lipinski definition) is 1. The number of sulfonamides is 1. The summed E-state index contributed by atoms with van der Waals surface area (Å²) in [7, 11) is -3.71. The molecule has 1 amide bonds. The Kier molecular flexibility index (Phi) is 5.71. The Bertz CT molecular complexity index is 1230. The van der Waals surface area contributed by atoms with Gasteiger partial charge in [0.05, 0.1) is 4.90 Å². The van der Waals surface area contributed by atoms with Crippen molar-refractivity contribution in [2.45, 2.75) is 24.8 Å². The average Bonchev–Trinajstić information content (AvgIpc) is 3.22. The molecule has 0 bridgehead atoms. The molecule has 0 fully saturated rings. The van der Waals surface area contributed by atoms with E-state index in [-0.39, 0.29) is 23.1 Å². The van der Waals surface area contributed by atoms with Crippen molar-refractivity contribution >= 4 is 27.4 Å². The van der Waals surface area contributed by atoms with Crippen molar-refractivity contribution < 1.29 is 18.0 Å². The number of nitrogens with zero attached hydrogens (tertiary/aromatic N) is 1. The van der Waals surface area contributed by atoms with Gasteiger partial charge in [0.1, 0.15) is 0 Å². The third-order valence-corrected chi connectivity index (χ3v) is 6.79. The van der Waals surface area contributed by atoms with Gasteiger partial charge >= 0.3 is 0 Å². The van der Waals surface area contributed by atoms with Crippen LogP contribution in [-0.4, -0.2) is 26.7 Å². The summed E-state index contributed by atoms with van der Waals surface area (Å²) in [5.41, 5.74) is 3.86. The lowest BCUT2D eigenvalue weighted by molar-refractivity contribution is 0.0987. The van der Waals surface area contributed by atoms with E-state index in [2.05, 4.69) is 4.72 Å². The van der Waals surface area contributed by atoms with Crippen LogP contribution in [0.1, 0.15) is 38.8 Å². The number of carbonyl (C=O) groups is 2. The molecule has 3 aromatic rings. The summed E-state index contributed by atoms with van der Waals surface area (Å²) in [4.78, 5) is 26.1. The second-order valence-electron chi connectivity index (χ2n) is 7.44. The van der Waals surface area contributed by atoms with E-state index >= 15 is 0 Å².